The summed E-state index contributed by atoms with van der Waals surface area (Å²) < 4.78 is 5.26. The summed E-state index contributed by atoms with van der Waals surface area (Å²) in [6, 6.07) is 5.54. The number of benzene rings is 1. The first kappa shape index (κ1) is 17.7. The van der Waals surface area contributed by atoms with Crippen molar-refractivity contribution in [1.82, 2.24) is 4.90 Å². The molecule has 0 aromatic heterocycles. The number of nitrogens with zero attached hydrogens (tertiary/aromatic N) is 1. The Bertz CT molecular complexity index is 541. The summed E-state index contributed by atoms with van der Waals surface area (Å²) in [6.07, 6.45) is 0. The van der Waals surface area contributed by atoms with E-state index in [9.17, 15) is 4.79 Å². The van der Waals surface area contributed by atoms with Gasteiger partial charge in [0, 0.05) is 17.8 Å². The Balaban J connectivity index is 2.63. The van der Waals surface area contributed by atoms with Gasteiger partial charge in [0.15, 0.2) is 5.11 Å². The summed E-state index contributed by atoms with van der Waals surface area (Å²) in [7, 11) is 1.74. The highest BCUT2D eigenvalue weighted by Crippen LogP contribution is 2.23. The van der Waals surface area contributed by atoms with Crippen molar-refractivity contribution in [3.05, 3.63) is 28.8 Å². The first-order chi connectivity index (χ1) is 9.60. The smallest absolute Gasteiger partial charge is 0.326 e. The number of anilines is 1. The van der Waals surface area contributed by atoms with Crippen LogP contribution in [0.3, 0.4) is 0 Å². The van der Waals surface area contributed by atoms with Crippen molar-refractivity contribution in [2.24, 2.45) is 0 Å². The summed E-state index contributed by atoms with van der Waals surface area (Å²) in [4.78, 5) is 13.4. The third kappa shape index (κ3) is 5.89. The first-order valence-corrected chi connectivity index (χ1v) is 7.38. The second kappa shape index (κ2) is 7.09. The lowest BCUT2D eigenvalue weighted by Crippen LogP contribution is -2.38. The highest BCUT2D eigenvalue weighted by atomic mass is 35.5. The molecule has 0 saturated carbocycles. The molecule has 0 unspecified atom stereocenters. The topological polar surface area (TPSA) is 41.6 Å². The van der Waals surface area contributed by atoms with Gasteiger partial charge in [0.05, 0.1) is 0 Å². The number of rotatable bonds is 3. The van der Waals surface area contributed by atoms with E-state index in [4.69, 9.17) is 28.6 Å². The van der Waals surface area contributed by atoms with Gasteiger partial charge in [-0.15, -0.1) is 0 Å². The molecule has 0 radical (unpaired) electrons. The molecule has 0 aliphatic heterocycles. The Morgan fingerprint density at radius 1 is 1.43 bits per heavy atom. The zero-order chi connectivity index (χ0) is 16.2. The van der Waals surface area contributed by atoms with E-state index in [1.807, 2.05) is 45.9 Å². The quantitative estimate of drug-likeness (QED) is 0.678. The summed E-state index contributed by atoms with van der Waals surface area (Å²) in [6.45, 7) is 7.48. The molecule has 0 atom stereocenters. The van der Waals surface area contributed by atoms with Gasteiger partial charge in [-0.25, -0.2) is 0 Å². The molecule has 0 bridgehead atoms. The summed E-state index contributed by atoms with van der Waals surface area (Å²) in [5.74, 6) is -0.322. The van der Waals surface area contributed by atoms with E-state index in [1.165, 1.54) is 0 Å². The third-order valence-corrected chi connectivity index (χ3v) is 3.47. The molecule has 1 rings (SSSR count). The average molecular weight is 329 g/mol. The molecule has 0 heterocycles. The normalized spacial score (nSPS) is 11.0. The minimum atomic E-state index is -0.503. The second-order valence-electron chi connectivity index (χ2n) is 5.79. The number of esters is 1. The molecular formula is C15H21ClN2O2S. The van der Waals surface area contributed by atoms with Gasteiger partial charge in [-0.3, -0.25) is 4.79 Å². The van der Waals surface area contributed by atoms with Crippen LogP contribution in [0.5, 0.6) is 0 Å². The average Bonchev–Trinajstić information content (AvgIpc) is 2.32. The van der Waals surface area contributed by atoms with Gasteiger partial charge in [0.25, 0.3) is 0 Å². The fourth-order valence-corrected chi connectivity index (χ4v) is 1.94. The van der Waals surface area contributed by atoms with Gasteiger partial charge in [-0.2, -0.15) is 0 Å². The van der Waals surface area contributed by atoms with Crippen LogP contribution in [0.4, 0.5) is 5.69 Å². The molecule has 1 aromatic carbocycles. The maximum absolute atomic E-state index is 11.8. The van der Waals surface area contributed by atoms with Crippen LogP contribution in [0.1, 0.15) is 26.3 Å². The largest absolute Gasteiger partial charge is 0.459 e. The Morgan fingerprint density at radius 3 is 2.62 bits per heavy atom. The van der Waals surface area contributed by atoms with E-state index >= 15 is 0 Å². The minimum absolute atomic E-state index is 0.0860. The zero-order valence-electron chi connectivity index (χ0n) is 13.0. The van der Waals surface area contributed by atoms with E-state index in [-0.39, 0.29) is 12.5 Å². The predicted molar refractivity (Wildman–Crippen MR) is 90.9 cm³/mol. The fourth-order valence-electron chi connectivity index (χ4n) is 1.59. The lowest BCUT2D eigenvalue weighted by molar-refractivity contribution is -0.154. The second-order valence-corrected chi connectivity index (χ2v) is 6.58. The van der Waals surface area contributed by atoms with Crippen LogP contribution in [0, 0.1) is 6.92 Å². The number of nitrogens with one attached hydrogen (secondary N) is 1. The van der Waals surface area contributed by atoms with Crippen LogP contribution in [0.2, 0.25) is 5.02 Å². The highest BCUT2D eigenvalue weighted by molar-refractivity contribution is 7.80. The molecule has 1 aromatic rings. The molecular weight excluding hydrogens is 308 g/mol. The monoisotopic (exact) mass is 328 g/mol. The number of carbonyl (C=O) groups excluding carboxylic acids is 1. The molecule has 0 aliphatic rings. The Hall–Kier alpha value is -1.33. The van der Waals surface area contributed by atoms with Gasteiger partial charge in [-0.1, -0.05) is 17.7 Å². The van der Waals surface area contributed by atoms with Crippen molar-refractivity contribution in [3.8, 4) is 0 Å². The minimum Gasteiger partial charge on any atom is -0.459 e. The standard InChI is InChI=1S/C15H21ClN2O2S/c1-10-11(16)7-6-8-12(10)17-14(21)18(5)9-13(19)20-15(2,3)4/h6-8H,9H2,1-5H3,(H,17,21). The van der Waals surface area contributed by atoms with Crippen LogP contribution in [0.25, 0.3) is 0 Å². The molecule has 6 heteroatoms. The number of halogens is 1. The molecule has 0 amide bonds. The summed E-state index contributed by atoms with van der Waals surface area (Å²) in [5, 5.41) is 4.18. The van der Waals surface area contributed by atoms with Gasteiger partial charge in [-0.05, 0) is 57.6 Å². The van der Waals surface area contributed by atoms with Gasteiger partial charge >= 0.3 is 5.97 Å². The maximum atomic E-state index is 11.8. The maximum Gasteiger partial charge on any atom is 0.326 e. The van der Waals surface area contributed by atoms with E-state index < -0.39 is 5.60 Å². The van der Waals surface area contributed by atoms with Crippen molar-refractivity contribution >= 4 is 40.6 Å². The molecule has 21 heavy (non-hydrogen) atoms. The van der Waals surface area contributed by atoms with Crippen LogP contribution < -0.4 is 5.32 Å². The van der Waals surface area contributed by atoms with Gasteiger partial charge < -0.3 is 15.0 Å². The molecule has 1 N–H and O–H groups in total. The van der Waals surface area contributed by atoms with E-state index in [2.05, 4.69) is 5.32 Å². The number of thiocarbonyl (C=S) groups is 1. The molecule has 0 fully saturated rings. The van der Waals surface area contributed by atoms with Crippen molar-refractivity contribution in [2.45, 2.75) is 33.3 Å². The van der Waals surface area contributed by atoms with Crippen molar-refractivity contribution < 1.29 is 9.53 Å². The summed E-state index contributed by atoms with van der Waals surface area (Å²) >= 11 is 11.3. The van der Waals surface area contributed by atoms with Gasteiger partial charge in [0.1, 0.15) is 12.1 Å². The van der Waals surface area contributed by atoms with Crippen molar-refractivity contribution in [2.75, 3.05) is 18.9 Å². The van der Waals surface area contributed by atoms with Crippen LogP contribution in [-0.4, -0.2) is 35.2 Å². The molecule has 0 aliphatic carbocycles. The number of ether oxygens (including phenoxy) is 1. The van der Waals surface area contributed by atoms with Crippen molar-refractivity contribution in [3.63, 3.8) is 0 Å². The van der Waals surface area contributed by atoms with E-state index in [0.29, 0.717) is 10.1 Å². The number of hydrogen-bond acceptors (Lipinski definition) is 3. The lowest BCUT2D eigenvalue weighted by atomic mass is 10.2. The summed E-state index contributed by atoms with van der Waals surface area (Å²) in [5.41, 5.74) is 1.23. The van der Waals surface area contributed by atoms with Crippen molar-refractivity contribution in [1.29, 1.82) is 0 Å². The Kier molecular flexibility index (Phi) is 5.98. The first-order valence-electron chi connectivity index (χ1n) is 6.59. The number of hydrogen-bond donors (Lipinski definition) is 1. The van der Waals surface area contributed by atoms with Crippen LogP contribution >= 0.6 is 23.8 Å². The third-order valence-electron chi connectivity index (χ3n) is 2.64. The number of likely N-dealkylation sites (N-methyl/N-ethyl adjacent to an activating group) is 1. The van der Waals surface area contributed by atoms with E-state index in [0.717, 1.165) is 11.3 Å². The predicted octanol–water partition coefficient (Wildman–Crippen LogP) is 3.62. The molecule has 0 saturated heterocycles. The molecule has 4 nitrogen and oxygen atoms in total. The molecule has 116 valence electrons. The van der Waals surface area contributed by atoms with Gasteiger partial charge in [0.2, 0.25) is 0 Å². The van der Waals surface area contributed by atoms with Crippen LogP contribution in [0.15, 0.2) is 18.2 Å². The van der Waals surface area contributed by atoms with Crippen LogP contribution in [-0.2, 0) is 9.53 Å². The Labute approximate surface area is 136 Å². The fraction of sp³-hybridized carbons (Fsp3) is 0.467. The van der Waals surface area contributed by atoms with E-state index in [1.54, 1.807) is 11.9 Å². The Morgan fingerprint density at radius 2 is 2.05 bits per heavy atom. The number of carbonyl (C=O) groups is 1. The highest BCUT2D eigenvalue weighted by Gasteiger charge is 2.18. The molecule has 0 spiro atoms. The lowest BCUT2D eigenvalue weighted by Gasteiger charge is -2.24. The SMILES string of the molecule is Cc1c(Cl)cccc1NC(=S)N(C)CC(=O)OC(C)(C)C. The zero-order valence-corrected chi connectivity index (χ0v) is 14.6.